The van der Waals surface area contributed by atoms with Crippen molar-refractivity contribution in [2.75, 3.05) is 18.9 Å². The number of anilines is 1. The molecule has 1 aromatic carbocycles. The Bertz CT molecular complexity index is 435. The number of halogens is 1. The van der Waals surface area contributed by atoms with Crippen LogP contribution in [0.15, 0.2) is 22.7 Å². The molecule has 3 N–H and O–H groups in total. The predicted octanol–water partition coefficient (Wildman–Crippen LogP) is 1.32. The second-order valence-electron chi connectivity index (χ2n) is 3.22. The van der Waals surface area contributed by atoms with Crippen molar-refractivity contribution >= 4 is 33.5 Å². The molecule has 0 aliphatic heterocycles. The molecule has 1 rings (SSSR count). The smallest absolute Gasteiger partial charge is 0.325 e. The Hall–Kier alpha value is -1.56. The summed E-state index contributed by atoms with van der Waals surface area (Å²) in [6.45, 7) is 1.84. The van der Waals surface area contributed by atoms with Gasteiger partial charge in [0.25, 0.3) is 5.91 Å². The Balaban J connectivity index is 2.58. The Morgan fingerprint density at radius 2 is 2.18 bits per heavy atom. The summed E-state index contributed by atoms with van der Waals surface area (Å²) in [6.07, 6.45) is 0. The van der Waals surface area contributed by atoms with E-state index in [4.69, 9.17) is 5.73 Å². The van der Waals surface area contributed by atoms with Gasteiger partial charge in [-0.2, -0.15) is 0 Å². The van der Waals surface area contributed by atoms with Crippen LogP contribution in [0.3, 0.4) is 0 Å². The number of nitrogens with two attached hydrogens (primary N) is 1. The van der Waals surface area contributed by atoms with E-state index in [0.29, 0.717) is 17.9 Å². The van der Waals surface area contributed by atoms with E-state index in [1.165, 1.54) is 6.07 Å². The van der Waals surface area contributed by atoms with E-state index in [1.54, 1.807) is 19.1 Å². The number of amides is 1. The number of carbonyl (C=O) groups excluding carboxylic acids is 2. The number of hydrogen-bond donors (Lipinski definition) is 2. The van der Waals surface area contributed by atoms with Crippen LogP contribution in [-0.4, -0.2) is 25.0 Å². The van der Waals surface area contributed by atoms with Crippen LogP contribution in [0, 0.1) is 0 Å². The number of nitrogen functional groups attached to an aromatic ring is 1. The number of benzene rings is 1. The third-order valence-corrected chi connectivity index (χ3v) is 2.68. The highest BCUT2D eigenvalue weighted by Crippen LogP contribution is 2.19. The lowest BCUT2D eigenvalue weighted by atomic mass is 10.2. The van der Waals surface area contributed by atoms with Crippen molar-refractivity contribution in [2.45, 2.75) is 6.92 Å². The van der Waals surface area contributed by atoms with Crippen LogP contribution in [0.4, 0.5) is 5.69 Å². The SMILES string of the molecule is CCOC(=O)CNC(=O)c1ccc(Br)c(N)c1. The van der Waals surface area contributed by atoms with E-state index >= 15 is 0 Å². The van der Waals surface area contributed by atoms with E-state index in [1.807, 2.05) is 0 Å². The average molecular weight is 301 g/mol. The lowest BCUT2D eigenvalue weighted by molar-refractivity contribution is -0.141. The first-order chi connectivity index (χ1) is 8.04. The van der Waals surface area contributed by atoms with Crippen molar-refractivity contribution in [1.29, 1.82) is 0 Å². The topological polar surface area (TPSA) is 81.4 Å². The minimum Gasteiger partial charge on any atom is -0.465 e. The van der Waals surface area contributed by atoms with Gasteiger partial charge in [-0.3, -0.25) is 9.59 Å². The van der Waals surface area contributed by atoms with Gasteiger partial charge >= 0.3 is 5.97 Å². The predicted molar refractivity (Wildman–Crippen MR) is 67.5 cm³/mol. The molecule has 0 saturated heterocycles. The number of ether oxygens (including phenoxy) is 1. The van der Waals surface area contributed by atoms with Crippen molar-refractivity contribution in [2.24, 2.45) is 0 Å². The van der Waals surface area contributed by atoms with Gasteiger partial charge in [0, 0.05) is 15.7 Å². The molecule has 0 saturated carbocycles. The summed E-state index contributed by atoms with van der Waals surface area (Å²) in [5.41, 5.74) is 6.51. The van der Waals surface area contributed by atoms with Crippen LogP contribution in [0.1, 0.15) is 17.3 Å². The number of hydrogen-bond acceptors (Lipinski definition) is 4. The summed E-state index contributed by atoms with van der Waals surface area (Å²) >= 11 is 3.23. The third-order valence-electron chi connectivity index (χ3n) is 1.96. The first-order valence-electron chi connectivity index (χ1n) is 5.03. The van der Waals surface area contributed by atoms with Gasteiger partial charge in [0.15, 0.2) is 0 Å². The van der Waals surface area contributed by atoms with Gasteiger partial charge < -0.3 is 15.8 Å². The lowest BCUT2D eigenvalue weighted by Gasteiger charge is -2.06. The van der Waals surface area contributed by atoms with Gasteiger partial charge in [-0.05, 0) is 41.1 Å². The highest BCUT2D eigenvalue weighted by Gasteiger charge is 2.09. The zero-order chi connectivity index (χ0) is 12.8. The van der Waals surface area contributed by atoms with Crippen molar-refractivity contribution in [3.8, 4) is 0 Å². The Morgan fingerprint density at radius 1 is 1.47 bits per heavy atom. The van der Waals surface area contributed by atoms with Gasteiger partial charge in [-0.1, -0.05) is 0 Å². The molecule has 6 heteroatoms. The molecule has 0 atom stereocenters. The molecule has 0 heterocycles. The Morgan fingerprint density at radius 3 is 2.76 bits per heavy atom. The van der Waals surface area contributed by atoms with Crippen LogP contribution in [0.25, 0.3) is 0 Å². The molecular weight excluding hydrogens is 288 g/mol. The van der Waals surface area contributed by atoms with E-state index in [2.05, 4.69) is 26.0 Å². The fraction of sp³-hybridized carbons (Fsp3) is 0.273. The normalized spacial score (nSPS) is 9.76. The summed E-state index contributed by atoms with van der Waals surface area (Å²) in [6, 6.07) is 4.82. The van der Waals surface area contributed by atoms with E-state index in [-0.39, 0.29) is 12.5 Å². The molecule has 0 radical (unpaired) electrons. The molecule has 0 aromatic heterocycles. The second kappa shape index (κ2) is 6.24. The van der Waals surface area contributed by atoms with E-state index in [0.717, 1.165) is 4.47 Å². The van der Waals surface area contributed by atoms with Gasteiger partial charge in [-0.15, -0.1) is 0 Å². The van der Waals surface area contributed by atoms with Crippen LogP contribution in [-0.2, 0) is 9.53 Å². The number of carbonyl (C=O) groups is 2. The average Bonchev–Trinajstić information content (AvgIpc) is 2.30. The maximum absolute atomic E-state index is 11.6. The van der Waals surface area contributed by atoms with Crippen molar-refractivity contribution < 1.29 is 14.3 Å². The molecule has 0 fully saturated rings. The van der Waals surface area contributed by atoms with Crippen LogP contribution >= 0.6 is 15.9 Å². The Labute approximate surface area is 107 Å². The molecule has 0 aliphatic rings. The number of nitrogens with one attached hydrogen (secondary N) is 1. The number of esters is 1. The molecule has 92 valence electrons. The highest BCUT2D eigenvalue weighted by atomic mass is 79.9. The standard InChI is InChI=1S/C11H13BrN2O3/c1-2-17-10(15)6-14-11(16)7-3-4-8(12)9(13)5-7/h3-5H,2,6,13H2,1H3,(H,14,16). The van der Waals surface area contributed by atoms with Crippen molar-refractivity contribution in [3.63, 3.8) is 0 Å². The largest absolute Gasteiger partial charge is 0.465 e. The van der Waals surface area contributed by atoms with Crippen LogP contribution in [0.5, 0.6) is 0 Å². The summed E-state index contributed by atoms with van der Waals surface area (Å²) in [5.74, 6) is -0.830. The van der Waals surface area contributed by atoms with Crippen LogP contribution in [0.2, 0.25) is 0 Å². The van der Waals surface area contributed by atoms with Crippen molar-refractivity contribution in [1.82, 2.24) is 5.32 Å². The van der Waals surface area contributed by atoms with Gasteiger partial charge in [-0.25, -0.2) is 0 Å². The lowest BCUT2D eigenvalue weighted by Crippen LogP contribution is -2.30. The van der Waals surface area contributed by atoms with Gasteiger partial charge in [0.05, 0.1) is 6.61 Å². The fourth-order valence-electron chi connectivity index (χ4n) is 1.15. The first kappa shape index (κ1) is 13.5. The third kappa shape index (κ3) is 4.07. The molecular formula is C11H13BrN2O3. The van der Waals surface area contributed by atoms with Crippen molar-refractivity contribution in [3.05, 3.63) is 28.2 Å². The first-order valence-corrected chi connectivity index (χ1v) is 5.82. The molecule has 0 spiro atoms. The summed E-state index contributed by atoms with van der Waals surface area (Å²) in [7, 11) is 0. The second-order valence-corrected chi connectivity index (χ2v) is 4.08. The van der Waals surface area contributed by atoms with Gasteiger partial charge in [0.1, 0.15) is 6.54 Å². The molecule has 1 amide bonds. The summed E-state index contributed by atoms with van der Waals surface area (Å²) < 4.78 is 5.41. The molecule has 5 nitrogen and oxygen atoms in total. The van der Waals surface area contributed by atoms with E-state index in [9.17, 15) is 9.59 Å². The fourth-order valence-corrected chi connectivity index (χ4v) is 1.40. The monoisotopic (exact) mass is 300 g/mol. The summed E-state index contributed by atoms with van der Waals surface area (Å²) in [4.78, 5) is 22.7. The zero-order valence-electron chi connectivity index (χ0n) is 9.33. The van der Waals surface area contributed by atoms with Gasteiger partial charge in [0.2, 0.25) is 0 Å². The maximum atomic E-state index is 11.6. The number of rotatable bonds is 4. The van der Waals surface area contributed by atoms with Crippen LogP contribution < -0.4 is 11.1 Å². The van der Waals surface area contributed by atoms with E-state index < -0.39 is 5.97 Å². The molecule has 17 heavy (non-hydrogen) atoms. The quantitative estimate of drug-likeness (QED) is 0.649. The molecule has 0 aliphatic carbocycles. The molecule has 1 aromatic rings. The minimum atomic E-state index is -0.467. The Kier molecular flexibility index (Phi) is 4.96. The minimum absolute atomic E-state index is 0.150. The summed E-state index contributed by atoms with van der Waals surface area (Å²) in [5, 5.41) is 2.45. The zero-order valence-corrected chi connectivity index (χ0v) is 10.9. The molecule has 0 bridgehead atoms. The maximum Gasteiger partial charge on any atom is 0.325 e. The highest BCUT2D eigenvalue weighted by molar-refractivity contribution is 9.10. The molecule has 0 unspecified atom stereocenters.